The molecule has 2 N–H and O–H groups in total. The number of carbonyl (C=O) groups excluding carboxylic acids is 2. The van der Waals surface area contributed by atoms with Crippen LogP contribution in [0.2, 0.25) is 0 Å². The van der Waals surface area contributed by atoms with E-state index in [-0.39, 0.29) is 23.4 Å². The maximum Gasteiger partial charge on any atom is 0.273 e. The van der Waals surface area contributed by atoms with E-state index in [0.717, 1.165) is 12.8 Å². The number of nitrogens with one attached hydrogen (secondary N) is 2. The van der Waals surface area contributed by atoms with E-state index in [9.17, 15) is 9.59 Å². The molecule has 0 aliphatic rings. The van der Waals surface area contributed by atoms with Crippen LogP contribution in [0.25, 0.3) is 0 Å². The van der Waals surface area contributed by atoms with Crippen molar-refractivity contribution in [3.8, 4) is 0 Å². The molecule has 2 amide bonds. The SMILES string of the molecule is CCC(CC)C(=O)Nc1cn(C)nc1C(=O)NC. The summed E-state index contributed by atoms with van der Waals surface area (Å²) in [5, 5.41) is 9.30. The first-order valence-electron chi connectivity index (χ1n) is 6.10. The van der Waals surface area contributed by atoms with Gasteiger partial charge in [0.25, 0.3) is 5.91 Å². The summed E-state index contributed by atoms with van der Waals surface area (Å²) in [7, 11) is 3.24. The zero-order valence-corrected chi connectivity index (χ0v) is 11.3. The lowest BCUT2D eigenvalue weighted by atomic mass is 10.0. The Balaban J connectivity index is 2.90. The molecule has 0 atom stereocenters. The molecule has 0 unspecified atom stereocenters. The van der Waals surface area contributed by atoms with Gasteiger partial charge >= 0.3 is 0 Å². The summed E-state index contributed by atoms with van der Waals surface area (Å²) in [6.45, 7) is 3.94. The van der Waals surface area contributed by atoms with Gasteiger partial charge in [-0.05, 0) is 12.8 Å². The first-order chi connectivity index (χ1) is 8.53. The fraction of sp³-hybridized carbons (Fsp3) is 0.583. The van der Waals surface area contributed by atoms with Crippen molar-refractivity contribution < 1.29 is 9.59 Å². The van der Waals surface area contributed by atoms with Crippen LogP contribution in [0.15, 0.2) is 6.20 Å². The third-order valence-electron chi connectivity index (χ3n) is 2.89. The number of anilines is 1. The van der Waals surface area contributed by atoms with E-state index in [4.69, 9.17) is 0 Å². The number of carbonyl (C=O) groups is 2. The van der Waals surface area contributed by atoms with Gasteiger partial charge in [0.05, 0.1) is 5.69 Å². The fourth-order valence-electron chi connectivity index (χ4n) is 1.76. The molecule has 0 saturated carbocycles. The summed E-state index contributed by atoms with van der Waals surface area (Å²) in [4.78, 5) is 23.6. The van der Waals surface area contributed by atoms with Gasteiger partial charge in [-0.25, -0.2) is 0 Å². The Labute approximate surface area is 107 Å². The third kappa shape index (κ3) is 3.09. The Hall–Kier alpha value is -1.85. The van der Waals surface area contributed by atoms with Crippen LogP contribution in [-0.4, -0.2) is 28.6 Å². The average Bonchev–Trinajstić information content (AvgIpc) is 2.70. The number of hydrogen-bond donors (Lipinski definition) is 2. The van der Waals surface area contributed by atoms with Gasteiger partial charge < -0.3 is 10.6 Å². The van der Waals surface area contributed by atoms with Crippen molar-refractivity contribution in [2.24, 2.45) is 13.0 Å². The maximum atomic E-state index is 12.0. The van der Waals surface area contributed by atoms with Gasteiger partial charge in [0.15, 0.2) is 5.69 Å². The van der Waals surface area contributed by atoms with Gasteiger partial charge in [0, 0.05) is 26.2 Å². The van der Waals surface area contributed by atoms with Gasteiger partial charge in [-0.1, -0.05) is 13.8 Å². The van der Waals surface area contributed by atoms with Crippen molar-refractivity contribution in [1.29, 1.82) is 0 Å². The van der Waals surface area contributed by atoms with Crippen molar-refractivity contribution in [2.75, 3.05) is 12.4 Å². The summed E-state index contributed by atoms with van der Waals surface area (Å²) < 4.78 is 1.51. The molecular formula is C12H20N4O2. The van der Waals surface area contributed by atoms with Gasteiger partial charge in [-0.3, -0.25) is 14.3 Å². The molecule has 0 saturated heterocycles. The van der Waals surface area contributed by atoms with Crippen LogP contribution in [0.4, 0.5) is 5.69 Å². The second kappa shape index (κ2) is 6.18. The number of aromatic nitrogens is 2. The van der Waals surface area contributed by atoms with Crippen molar-refractivity contribution in [3.63, 3.8) is 0 Å². The highest BCUT2D eigenvalue weighted by atomic mass is 16.2. The number of aryl methyl sites for hydroxylation is 1. The smallest absolute Gasteiger partial charge is 0.273 e. The van der Waals surface area contributed by atoms with Crippen LogP contribution in [0.3, 0.4) is 0 Å². The molecule has 6 heteroatoms. The quantitative estimate of drug-likeness (QED) is 0.825. The highest BCUT2D eigenvalue weighted by Crippen LogP contribution is 2.16. The van der Waals surface area contributed by atoms with Crippen LogP contribution in [0, 0.1) is 5.92 Å². The largest absolute Gasteiger partial charge is 0.354 e. The second-order valence-corrected chi connectivity index (χ2v) is 4.15. The molecule has 0 aromatic carbocycles. The first-order valence-corrected chi connectivity index (χ1v) is 6.10. The molecule has 1 heterocycles. The standard InChI is InChI=1S/C12H20N4O2/c1-5-8(6-2)11(17)14-9-7-16(4)15-10(9)12(18)13-3/h7-8H,5-6H2,1-4H3,(H,13,18)(H,14,17). The molecular weight excluding hydrogens is 232 g/mol. The molecule has 0 radical (unpaired) electrons. The number of amides is 2. The fourth-order valence-corrected chi connectivity index (χ4v) is 1.76. The average molecular weight is 252 g/mol. The minimum atomic E-state index is -0.310. The van der Waals surface area contributed by atoms with E-state index in [1.54, 1.807) is 13.2 Å². The van der Waals surface area contributed by atoms with Gasteiger partial charge in [0.2, 0.25) is 5.91 Å². The highest BCUT2D eigenvalue weighted by molar-refractivity contribution is 6.02. The lowest BCUT2D eigenvalue weighted by Gasteiger charge is -2.12. The number of nitrogens with zero attached hydrogens (tertiary/aromatic N) is 2. The van der Waals surface area contributed by atoms with E-state index in [1.807, 2.05) is 13.8 Å². The molecule has 1 aromatic heterocycles. The predicted octanol–water partition coefficient (Wildman–Crippen LogP) is 1.15. The lowest BCUT2D eigenvalue weighted by molar-refractivity contribution is -0.120. The Morgan fingerprint density at radius 3 is 2.50 bits per heavy atom. The Morgan fingerprint density at radius 1 is 1.39 bits per heavy atom. The van der Waals surface area contributed by atoms with Crippen molar-refractivity contribution in [3.05, 3.63) is 11.9 Å². The first kappa shape index (κ1) is 14.2. The van der Waals surface area contributed by atoms with E-state index in [1.165, 1.54) is 11.7 Å². The molecule has 0 aliphatic heterocycles. The minimum Gasteiger partial charge on any atom is -0.354 e. The van der Waals surface area contributed by atoms with Gasteiger partial charge in [-0.2, -0.15) is 5.10 Å². The molecule has 0 spiro atoms. The predicted molar refractivity (Wildman–Crippen MR) is 69.3 cm³/mol. The Bertz CT molecular complexity index is 435. The minimum absolute atomic E-state index is 0.0391. The molecule has 18 heavy (non-hydrogen) atoms. The normalized spacial score (nSPS) is 10.5. The summed E-state index contributed by atoms with van der Waals surface area (Å²) in [5.74, 6) is -0.420. The Kier molecular flexibility index (Phi) is 4.88. The van der Waals surface area contributed by atoms with Crippen LogP contribution in [0.5, 0.6) is 0 Å². The molecule has 0 fully saturated rings. The molecule has 1 aromatic rings. The molecule has 6 nitrogen and oxygen atoms in total. The van der Waals surface area contributed by atoms with Crippen LogP contribution < -0.4 is 10.6 Å². The second-order valence-electron chi connectivity index (χ2n) is 4.15. The Morgan fingerprint density at radius 2 is 2.00 bits per heavy atom. The zero-order chi connectivity index (χ0) is 13.7. The topological polar surface area (TPSA) is 76.0 Å². The van der Waals surface area contributed by atoms with E-state index in [2.05, 4.69) is 15.7 Å². The highest BCUT2D eigenvalue weighted by Gasteiger charge is 2.20. The van der Waals surface area contributed by atoms with E-state index in [0.29, 0.717) is 5.69 Å². The van der Waals surface area contributed by atoms with Crippen LogP contribution in [-0.2, 0) is 11.8 Å². The summed E-state index contributed by atoms with van der Waals surface area (Å²) in [6.07, 6.45) is 3.18. The number of hydrogen-bond acceptors (Lipinski definition) is 3. The molecule has 0 bridgehead atoms. The van der Waals surface area contributed by atoms with Crippen LogP contribution >= 0.6 is 0 Å². The lowest BCUT2D eigenvalue weighted by Crippen LogP contribution is -2.24. The monoisotopic (exact) mass is 252 g/mol. The zero-order valence-electron chi connectivity index (χ0n) is 11.3. The molecule has 1 rings (SSSR count). The summed E-state index contributed by atoms with van der Waals surface area (Å²) in [6, 6.07) is 0. The summed E-state index contributed by atoms with van der Waals surface area (Å²) in [5.41, 5.74) is 0.688. The van der Waals surface area contributed by atoms with Crippen molar-refractivity contribution in [2.45, 2.75) is 26.7 Å². The molecule has 100 valence electrons. The van der Waals surface area contributed by atoms with E-state index < -0.39 is 0 Å². The van der Waals surface area contributed by atoms with Crippen LogP contribution in [0.1, 0.15) is 37.2 Å². The van der Waals surface area contributed by atoms with Gasteiger partial charge in [-0.15, -0.1) is 0 Å². The maximum absolute atomic E-state index is 12.0. The van der Waals surface area contributed by atoms with E-state index >= 15 is 0 Å². The molecule has 0 aliphatic carbocycles. The van der Waals surface area contributed by atoms with Crippen molar-refractivity contribution in [1.82, 2.24) is 15.1 Å². The van der Waals surface area contributed by atoms with Gasteiger partial charge in [0.1, 0.15) is 0 Å². The number of rotatable bonds is 5. The third-order valence-corrected chi connectivity index (χ3v) is 2.89. The summed E-state index contributed by atoms with van der Waals surface area (Å²) >= 11 is 0. The van der Waals surface area contributed by atoms with Crippen molar-refractivity contribution >= 4 is 17.5 Å².